The number of rotatable bonds is 5. The fraction of sp³-hybridized carbons (Fsp3) is 0.571. The molecule has 0 aliphatic carbocycles. The molecule has 0 spiro atoms. The van der Waals surface area contributed by atoms with E-state index in [0.717, 1.165) is 11.0 Å². The van der Waals surface area contributed by atoms with E-state index in [0.29, 0.717) is 12.5 Å². The van der Waals surface area contributed by atoms with Gasteiger partial charge in [-0.15, -0.1) is 35.3 Å². The molecule has 8 heteroatoms. The molecule has 0 bridgehead atoms. The summed E-state index contributed by atoms with van der Waals surface area (Å²) in [6, 6.07) is 2.06. The van der Waals surface area contributed by atoms with E-state index in [4.69, 9.17) is 0 Å². The molecular weight excluding hydrogens is 479 g/mol. The van der Waals surface area contributed by atoms with Gasteiger partial charge in [-0.05, 0) is 49.7 Å². The number of nitrogens with one attached hydrogen (secondary N) is 3. The minimum absolute atomic E-state index is 0. The Morgan fingerprint density at radius 1 is 1.36 bits per heavy atom. The quantitative estimate of drug-likeness (QED) is 0.329. The van der Waals surface area contributed by atoms with Crippen LogP contribution in [0.5, 0.6) is 0 Å². The number of halogens is 2. The lowest BCUT2D eigenvalue weighted by Crippen LogP contribution is -2.43. The molecule has 0 fully saturated rings. The van der Waals surface area contributed by atoms with E-state index in [2.05, 4.69) is 42.9 Å². The second-order valence-electron chi connectivity index (χ2n) is 5.58. The van der Waals surface area contributed by atoms with Crippen molar-refractivity contribution in [2.75, 3.05) is 13.1 Å². The Hall–Kier alpha value is -0.350. The normalized spacial score (nSPS) is 11.6. The van der Waals surface area contributed by atoms with Crippen molar-refractivity contribution in [1.29, 1.82) is 0 Å². The number of thiophene rings is 1. The molecule has 0 saturated heterocycles. The van der Waals surface area contributed by atoms with Gasteiger partial charge in [-0.1, -0.05) is 0 Å². The summed E-state index contributed by atoms with van der Waals surface area (Å²) in [6.45, 7) is 9.39. The molecule has 0 unspecified atom stereocenters. The van der Waals surface area contributed by atoms with Gasteiger partial charge in [0.25, 0.3) is 0 Å². The van der Waals surface area contributed by atoms with E-state index in [9.17, 15) is 4.79 Å². The molecule has 1 aromatic rings. The van der Waals surface area contributed by atoms with Gasteiger partial charge in [0.2, 0.25) is 5.91 Å². The Bertz CT molecular complexity index is 499. The monoisotopic (exact) mass is 502 g/mol. The molecule has 0 aliphatic rings. The van der Waals surface area contributed by atoms with Crippen LogP contribution >= 0.6 is 51.2 Å². The minimum Gasteiger partial charge on any atom is -0.357 e. The molecule has 0 radical (unpaired) electrons. The van der Waals surface area contributed by atoms with Gasteiger partial charge < -0.3 is 16.0 Å². The SMILES string of the molecule is CCNC(=NCC(=O)NC(C)(C)C)NCc1cc(Br)cs1.I. The van der Waals surface area contributed by atoms with Crippen molar-refractivity contribution in [1.82, 2.24) is 16.0 Å². The average Bonchev–Trinajstić information content (AvgIpc) is 2.76. The maximum atomic E-state index is 11.8. The highest BCUT2D eigenvalue weighted by Crippen LogP contribution is 2.19. The third-order valence-electron chi connectivity index (χ3n) is 2.29. The lowest BCUT2D eigenvalue weighted by molar-refractivity contribution is -0.121. The predicted molar refractivity (Wildman–Crippen MR) is 108 cm³/mol. The molecule has 1 rings (SSSR count). The van der Waals surface area contributed by atoms with Crippen LogP contribution in [0.4, 0.5) is 0 Å². The highest BCUT2D eigenvalue weighted by atomic mass is 127. The van der Waals surface area contributed by atoms with Crippen molar-refractivity contribution in [2.24, 2.45) is 4.99 Å². The summed E-state index contributed by atoms with van der Waals surface area (Å²) in [6.07, 6.45) is 0. The number of hydrogen-bond acceptors (Lipinski definition) is 3. The number of nitrogens with zero attached hydrogens (tertiary/aromatic N) is 1. The second kappa shape index (κ2) is 10.4. The van der Waals surface area contributed by atoms with Gasteiger partial charge in [-0.3, -0.25) is 4.79 Å². The molecule has 1 amide bonds. The molecule has 0 atom stereocenters. The largest absolute Gasteiger partial charge is 0.357 e. The van der Waals surface area contributed by atoms with Crippen LogP contribution in [0.15, 0.2) is 20.9 Å². The smallest absolute Gasteiger partial charge is 0.242 e. The van der Waals surface area contributed by atoms with Gasteiger partial charge in [0, 0.05) is 26.8 Å². The van der Waals surface area contributed by atoms with Crippen LogP contribution in [0, 0.1) is 0 Å². The van der Waals surface area contributed by atoms with Crippen molar-refractivity contribution < 1.29 is 4.79 Å². The van der Waals surface area contributed by atoms with Crippen molar-refractivity contribution >= 4 is 63.1 Å². The van der Waals surface area contributed by atoms with Crippen molar-refractivity contribution in [2.45, 2.75) is 39.8 Å². The number of carbonyl (C=O) groups excluding carboxylic acids is 1. The maximum absolute atomic E-state index is 11.8. The standard InChI is InChI=1S/C14H23BrN4OS.HI/c1-5-16-13(17-7-11-6-10(15)9-21-11)18-8-12(20)19-14(2,3)4;/h6,9H,5,7-8H2,1-4H3,(H,19,20)(H2,16,17,18);1H. The van der Waals surface area contributed by atoms with E-state index < -0.39 is 0 Å². The first-order valence-corrected chi connectivity index (χ1v) is 8.53. The lowest BCUT2D eigenvalue weighted by Gasteiger charge is -2.20. The number of aliphatic imine (C=N–C) groups is 1. The number of amides is 1. The summed E-state index contributed by atoms with van der Waals surface area (Å²) in [4.78, 5) is 17.3. The van der Waals surface area contributed by atoms with Crippen LogP contribution in [-0.4, -0.2) is 30.5 Å². The Kier molecular flexibility index (Phi) is 10.3. The van der Waals surface area contributed by atoms with Crippen LogP contribution < -0.4 is 16.0 Å². The first-order chi connectivity index (χ1) is 9.80. The van der Waals surface area contributed by atoms with Gasteiger partial charge in [0.15, 0.2) is 5.96 Å². The predicted octanol–water partition coefficient (Wildman–Crippen LogP) is 3.10. The molecule has 22 heavy (non-hydrogen) atoms. The molecule has 126 valence electrons. The van der Waals surface area contributed by atoms with Gasteiger partial charge in [-0.25, -0.2) is 4.99 Å². The zero-order valence-electron chi connectivity index (χ0n) is 13.3. The fourth-order valence-corrected chi connectivity index (χ4v) is 2.96. The third kappa shape index (κ3) is 9.62. The molecule has 1 heterocycles. The van der Waals surface area contributed by atoms with Crippen molar-refractivity contribution in [3.05, 3.63) is 20.8 Å². The van der Waals surface area contributed by atoms with Gasteiger partial charge >= 0.3 is 0 Å². The van der Waals surface area contributed by atoms with E-state index in [1.54, 1.807) is 11.3 Å². The Balaban J connectivity index is 0.00000441. The Morgan fingerprint density at radius 2 is 2.05 bits per heavy atom. The summed E-state index contributed by atoms with van der Waals surface area (Å²) < 4.78 is 1.08. The van der Waals surface area contributed by atoms with E-state index >= 15 is 0 Å². The maximum Gasteiger partial charge on any atom is 0.242 e. The number of carbonyl (C=O) groups is 1. The summed E-state index contributed by atoms with van der Waals surface area (Å²) in [5.41, 5.74) is -0.234. The van der Waals surface area contributed by atoms with Gasteiger partial charge in [0.1, 0.15) is 6.54 Å². The van der Waals surface area contributed by atoms with Crippen molar-refractivity contribution in [3.8, 4) is 0 Å². The molecule has 3 N–H and O–H groups in total. The summed E-state index contributed by atoms with van der Waals surface area (Å²) >= 11 is 5.10. The summed E-state index contributed by atoms with van der Waals surface area (Å²) in [5.74, 6) is 0.560. The van der Waals surface area contributed by atoms with E-state index in [-0.39, 0.29) is 42.0 Å². The zero-order chi connectivity index (χ0) is 15.9. The minimum atomic E-state index is -0.234. The second-order valence-corrected chi connectivity index (χ2v) is 7.49. The highest BCUT2D eigenvalue weighted by molar-refractivity contribution is 14.0. The third-order valence-corrected chi connectivity index (χ3v) is 3.99. The van der Waals surface area contributed by atoms with Crippen LogP contribution in [-0.2, 0) is 11.3 Å². The molecule has 0 saturated carbocycles. The Morgan fingerprint density at radius 3 is 2.55 bits per heavy atom. The van der Waals surface area contributed by atoms with E-state index in [1.807, 2.05) is 33.1 Å². The topological polar surface area (TPSA) is 65.5 Å². The fourth-order valence-electron chi connectivity index (χ4n) is 1.57. The number of guanidine groups is 1. The summed E-state index contributed by atoms with van der Waals surface area (Å²) in [7, 11) is 0. The molecule has 1 aromatic heterocycles. The average molecular weight is 503 g/mol. The van der Waals surface area contributed by atoms with Crippen LogP contribution in [0.2, 0.25) is 0 Å². The van der Waals surface area contributed by atoms with Crippen LogP contribution in [0.25, 0.3) is 0 Å². The lowest BCUT2D eigenvalue weighted by atomic mass is 10.1. The zero-order valence-corrected chi connectivity index (χ0v) is 18.1. The molecular formula is C14H24BrIN4OS. The number of hydrogen-bond donors (Lipinski definition) is 3. The van der Waals surface area contributed by atoms with Crippen LogP contribution in [0.1, 0.15) is 32.6 Å². The van der Waals surface area contributed by atoms with Crippen molar-refractivity contribution in [3.63, 3.8) is 0 Å². The molecule has 0 aromatic carbocycles. The van der Waals surface area contributed by atoms with Gasteiger partial charge in [-0.2, -0.15) is 0 Å². The molecule has 5 nitrogen and oxygen atoms in total. The highest BCUT2D eigenvalue weighted by Gasteiger charge is 2.13. The van der Waals surface area contributed by atoms with E-state index in [1.165, 1.54) is 4.88 Å². The first-order valence-electron chi connectivity index (χ1n) is 6.86. The molecule has 0 aliphatic heterocycles. The first kappa shape index (κ1) is 21.6. The Labute approximate surface area is 161 Å². The summed E-state index contributed by atoms with van der Waals surface area (Å²) in [5, 5.41) is 11.3. The van der Waals surface area contributed by atoms with Crippen LogP contribution in [0.3, 0.4) is 0 Å². The van der Waals surface area contributed by atoms with Gasteiger partial charge in [0.05, 0.1) is 6.54 Å².